The largest absolute Gasteiger partial charge is 0.310 e. The van der Waals surface area contributed by atoms with Crippen LogP contribution in [0.15, 0.2) is 58.9 Å². The van der Waals surface area contributed by atoms with E-state index in [1.807, 2.05) is 0 Å². The van der Waals surface area contributed by atoms with Gasteiger partial charge in [-0.05, 0) is 30.3 Å². The van der Waals surface area contributed by atoms with Crippen LogP contribution in [-0.2, 0) is 16.4 Å². The Balaban J connectivity index is 2.12. The lowest BCUT2D eigenvalue weighted by molar-refractivity contribution is 0.0997. The van der Waals surface area contributed by atoms with Gasteiger partial charge in [0, 0.05) is 24.4 Å². The van der Waals surface area contributed by atoms with Crippen LogP contribution in [0.3, 0.4) is 0 Å². The van der Waals surface area contributed by atoms with Gasteiger partial charge in [-0.3, -0.25) is 4.79 Å². The van der Waals surface area contributed by atoms with Gasteiger partial charge in [0.2, 0.25) is 0 Å². The predicted molar refractivity (Wildman–Crippen MR) is 99.4 cm³/mol. The summed E-state index contributed by atoms with van der Waals surface area (Å²) in [5, 5.41) is 0. The molecule has 0 radical (unpaired) electrons. The van der Waals surface area contributed by atoms with Gasteiger partial charge in [0.05, 0.1) is 15.1 Å². The van der Waals surface area contributed by atoms with Crippen molar-refractivity contribution in [2.24, 2.45) is 4.99 Å². The van der Waals surface area contributed by atoms with E-state index in [0.29, 0.717) is 4.70 Å². The van der Waals surface area contributed by atoms with Gasteiger partial charge in [-0.25, -0.2) is 17.2 Å². The van der Waals surface area contributed by atoms with Crippen molar-refractivity contribution in [2.45, 2.75) is 11.4 Å². The standard InChI is InChI=1S/C18H14F2N2O3S2/c1-3-8-22-16-14(20)9-12(19)10-15(16)26-18(22)21-17(23)11-4-6-13(7-5-11)27(2,24)25/h3-7,9-10H,1,8H2,2H3. The summed E-state index contributed by atoms with van der Waals surface area (Å²) in [6.07, 6.45) is 2.58. The number of thiazole rings is 1. The van der Waals surface area contributed by atoms with Gasteiger partial charge in [-0.1, -0.05) is 17.4 Å². The van der Waals surface area contributed by atoms with E-state index < -0.39 is 27.4 Å². The topological polar surface area (TPSA) is 68.5 Å². The molecule has 2 aromatic carbocycles. The zero-order chi connectivity index (χ0) is 19.8. The summed E-state index contributed by atoms with van der Waals surface area (Å²) < 4.78 is 52.4. The van der Waals surface area contributed by atoms with Crippen molar-refractivity contribution in [3.63, 3.8) is 0 Å². The summed E-state index contributed by atoms with van der Waals surface area (Å²) >= 11 is 0.974. The molecule has 0 saturated carbocycles. The molecule has 1 aromatic heterocycles. The van der Waals surface area contributed by atoms with Crippen molar-refractivity contribution >= 4 is 37.3 Å². The number of allylic oxidation sites excluding steroid dienone is 1. The molecule has 0 unspecified atom stereocenters. The molecule has 0 aliphatic rings. The van der Waals surface area contributed by atoms with Crippen LogP contribution in [0.1, 0.15) is 10.4 Å². The first-order valence-electron chi connectivity index (χ1n) is 7.69. The van der Waals surface area contributed by atoms with Crippen LogP contribution in [0, 0.1) is 11.6 Å². The summed E-state index contributed by atoms with van der Waals surface area (Å²) in [6, 6.07) is 7.28. The number of hydrogen-bond acceptors (Lipinski definition) is 4. The summed E-state index contributed by atoms with van der Waals surface area (Å²) in [5.41, 5.74) is 0.317. The lowest BCUT2D eigenvalue weighted by atomic mass is 10.2. The number of rotatable bonds is 4. The number of hydrogen-bond donors (Lipinski definition) is 0. The van der Waals surface area contributed by atoms with Gasteiger partial charge in [0.1, 0.15) is 5.82 Å². The normalized spacial score (nSPS) is 12.5. The molecule has 3 aromatic rings. The first kappa shape index (κ1) is 19.1. The molecule has 0 bridgehead atoms. The van der Waals surface area contributed by atoms with Crippen LogP contribution in [0.25, 0.3) is 10.2 Å². The highest BCUT2D eigenvalue weighted by Gasteiger charge is 2.14. The van der Waals surface area contributed by atoms with Crippen LogP contribution in [0.5, 0.6) is 0 Å². The fraction of sp³-hybridized carbons (Fsp3) is 0.111. The van der Waals surface area contributed by atoms with Gasteiger partial charge in [0.15, 0.2) is 20.5 Å². The quantitative estimate of drug-likeness (QED) is 0.622. The summed E-state index contributed by atoms with van der Waals surface area (Å²) in [6.45, 7) is 3.79. The highest BCUT2D eigenvalue weighted by atomic mass is 32.2. The van der Waals surface area contributed by atoms with E-state index in [4.69, 9.17) is 0 Å². The zero-order valence-electron chi connectivity index (χ0n) is 14.1. The molecular formula is C18H14F2N2O3S2. The SMILES string of the molecule is C=CCn1c(=NC(=O)c2ccc(S(C)(=O)=O)cc2)sc2cc(F)cc(F)c21. The second kappa shape index (κ2) is 7.16. The van der Waals surface area contributed by atoms with Crippen LogP contribution in [0.4, 0.5) is 8.78 Å². The van der Waals surface area contributed by atoms with E-state index in [0.717, 1.165) is 23.7 Å². The van der Waals surface area contributed by atoms with Gasteiger partial charge >= 0.3 is 0 Å². The second-order valence-corrected chi connectivity index (χ2v) is 8.76. The Labute approximate surface area is 157 Å². The minimum Gasteiger partial charge on any atom is -0.310 e. The first-order chi connectivity index (χ1) is 12.7. The number of amides is 1. The van der Waals surface area contributed by atoms with E-state index in [1.54, 1.807) is 0 Å². The number of fused-ring (bicyclic) bond motifs is 1. The number of carbonyl (C=O) groups excluding carboxylic acids is 1. The van der Waals surface area contributed by atoms with Crippen molar-refractivity contribution in [3.05, 3.63) is 71.1 Å². The number of aromatic nitrogens is 1. The molecule has 9 heteroatoms. The Kier molecular flexibility index (Phi) is 5.07. The van der Waals surface area contributed by atoms with Crippen molar-refractivity contribution < 1.29 is 22.0 Å². The lowest BCUT2D eigenvalue weighted by Gasteiger charge is -2.02. The molecule has 27 heavy (non-hydrogen) atoms. The third-order valence-corrected chi connectivity index (χ3v) is 5.89. The Morgan fingerprint density at radius 1 is 1.26 bits per heavy atom. The predicted octanol–water partition coefficient (Wildman–Crippen LogP) is 3.31. The van der Waals surface area contributed by atoms with Crippen LogP contribution in [-0.4, -0.2) is 25.1 Å². The minimum absolute atomic E-state index is 0.0835. The number of carbonyl (C=O) groups is 1. The number of halogens is 2. The zero-order valence-corrected chi connectivity index (χ0v) is 15.8. The molecular weight excluding hydrogens is 394 g/mol. The third-order valence-electron chi connectivity index (χ3n) is 3.73. The number of nitrogens with zero attached hydrogens (tertiary/aromatic N) is 2. The molecule has 1 heterocycles. The molecule has 140 valence electrons. The lowest BCUT2D eigenvalue weighted by Crippen LogP contribution is -2.16. The van der Waals surface area contributed by atoms with Crippen molar-refractivity contribution in [1.82, 2.24) is 4.57 Å². The van der Waals surface area contributed by atoms with Crippen LogP contribution in [0.2, 0.25) is 0 Å². The fourth-order valence-corrected chi connectivity index (χ4v) is 4.22. The molecule has 5 nitrogen and oxygen atoms in total. The molecule has 1 amide bonds. The van der Waals surface area contributed by atoms with Gasteiger partial charge in [0.25, 0.3) is 5.91 Å². The maximum atomic E-state index is 14.2. The molecule has 0 aliphatic heterocycles. The Bertz CT molecular complexity index is 1220. The Morgan fingerprint density at radius 3 is 2.52 bits per heavy atom. The highest BCUT2D eigenvalue weighted by Crippen LogP contribution is 2.22. The molecule has 0 aliphatic carbocycles. The highest BCUT2D eigenvalue weighted by molar-refractivity contribution is 7.90. The maximum absolute atomic E-state index is 14.2. The Morgan fingerprint density at radius 2 is 1.93 bits per heavy atom. The second-order valence-electron chi connectivity index (χ2n) is 5.73. The van der Waals surface area contributed by atoms with E-state index >= 15 is 0 Å². The fourth-order valence-electron chi connectivity index (χ4n) is 2.51. The van der Waals surface area contributed by atoms with Crippen molar-refractivity contribution in [3.8, 4) is 0 Å². The van der Waals surface area contributed by atoms with Crippen LogP contribution >= 0.6 is 11.3 Å². The van der Waals surface area contributed by atoms with Crippen molar-refractivity contribution in [2.75, 3.05) is 6.26 Å². The molecule has 0 N–H and O–H groups in total. The van der Waals surface area contributed by atoms with Crippen molar-refractivity contribution in [1.29, 1.82) is 0 Å². The molecule has 0 spiro atoms. The van der Waals surface area contributed by atoms with E-state index in [1.165, 1.54) is 41.0 Å². The average Bonchev–Trinajstić information content (AvgIpc) is 2.92. The molecule has 0 atom stereocenters. The Hall–Kier alpha value is -2.65. The summed E-state index contributed by atoms with van der Waals surface area (Å²) in [7, 11) is -3.38. The number of benzene rings is 2. The third kappa shape index (κ3) is 3.88. The summed E-state index contributed by atoms with van der Waals surface area (Å²) in [4.78, 5) is 16.7. The molecule has 3 rings (SSSR count). The van der Waals surface area contributed by atoms with Gasteiger partial charge in [-0.2, -0.15) is 4.99 Å². The maximum Gasteiger partial charge on any atom is 0.279 e. The smallest absolute Gasteiger partial charge is 0.279 e. The summed E-state index contributed by atoms with van der Waals surface area (Å²) in [5.74, 6) is -2.10. The van der Waals surface area contributed by atoms with Gasteiger partial charge < -0.3 is 4.57 Å². The van der Waals surface area contributed by atoms with E-state index in [9.17, 15) is 22.0 Å². The molecule has 0 fully saturated rings. The average molecular weight is 408 g/mol. The molecule has 0 saturated heterocycles. The van der Waals surface area contributed by atoms with Crippen LogP contribution < -0.4 is 4.80 Å². The monoisotopic (exact) mass is 408 g/mol. The minimum atomic E-state index is -3.38. The van der Waals surface area contributed by atoms with E-state index in [-0.39, 0.29) is 27.3 Å². The number of sulfone groups is 1. The first-order valence-corrected chi connectivity index (χ1v) is 10.4. The van der Waals surface area contributed by atoms with Gasteiger partial charge in [-0.15, -0.1) is 6.58 Å². The van der Waals surface area contributed by atoms with E-state index in [2.05, 4.69) is 11.6 Å².